The van der Waals surface area contributed by atoms with Crippen molar-refractivity contribution >= 4 is 37.9 Å². The molecule has 1 unspecified atom stereocenters. The molecule has 0 saturated carbocycles. The van der Waals surface area contributed by atoms with Crippen LogP contribution >= 0.6 is 0 Å². The van der Waals surface area contributed by atoms with Gasteiger partial charge in [0.15, 0.2) is 0 Å². The van der Waals surface area contributed by atoms with E-state index in [-0.39, 0.29) is 0 Å². The molecule has 0 saturated heterocycles. The SMILES string of the molecule is CCC(C)N([SiH2][SiH3])[SiH2][SiH3]. The van der Waals surface area contributed by atoms with E-state index in [0.29, 0.717) is 18.4 Å². The first-order chi connectivity index (χ1) is 4.26. The van der Waals surface area contributed by atoms with Crippen molar-refractivity contribution in [3.05, 3.63) is 0 Å². The Morgan fingerprint density at radius 2 is 1.89 bits per heavy atom. The maximum absolute atomic E-state index is 2.87. The average Bonchev–Trinajstić information content (AvgIpc) is 1.90. The van der Waals surface area contributed by atoms with Gasteiger partial charge in [0, 0.05) is 19.5 Å². The van der Waals surface area contributed by atoms with Gasteiger partial charge in [0.05, 0.1) is 18.4 Å². The zero-order valence-corrected chi connectivity index (χ0v) is 14.0. The molecular weight excluding hydrogens is 174 g/mol. The maximum Gasteiger partial charge on any atom is 0.0673 e. The quantitative estimate of drug-likeness (QED) is 0.426. The fourth-order valence-corrected chi connectivity index (χ4v) is 24.5. The average molecular weight is 194 g/mol. The Morgan fingerprint density at radius 3 is 2.00 bits per heavy atom. The highest BCUT2D eigenvalue weighted by molar-refractivity contribution is 6.98. The van der Waals surface area contributed by atoms with Crippen molar-refractivity contribution in [2.75, 3.05) is 0 Å². The molecule has 0 aliphatic carbocycles. The second-order valence-electron chi connectivity index (χ2n) is 2.48. The minimum Gasteiger partial charge on any atom is -0.358 e. The molecule has 9 heavy (non-hydrogen) atoms. The molecule has 0 amide bonds. The topological polar surface area (TPSA) is 3.24 Å². The van der Waals surface area contributed by atoms with Crippen LogP contribution < -0.4 is 0 Å². The minimum absolute atomic E-state index is 0.338. The van der Waals surface area contributed by atoms with Gasteiger partial charge in [0.25, 0.3) is 0 Å². The fourth-order valence-electron chi connectivity index (χ4n) is 1.11. The summed E-state index contributed by atoms with van der Waals surface area (Å²) in [6.45, 7) is 4.71. The Hall–Kier alpha value is 0.828. The molecule has 0 aromatic heterocycles. The van der Waals surface area contributed by atoms with Gasteiger partial charge < -0.3 is 4.23 Å². The van der Waals surface area contributed by atoms with E-state index in [1.807, 2.05) is 0 Å². The standard InChI is InChI=1S/C4H19NSi4/c1-3-4(2)5(8-6)9-7/h4H,3,8-9H2,1-2,6-7H3. The van der Waals surface area contributed by atoms with Crippen molar-refractivity contribution < 1.29 is 0 Å². The molecule has 56 valence electrons. The summed E-state index contributed by atoms with van der Waals surface area (Å²) in [4.78, 5) is 0. The highest BCUT2D eigenvalue weighted by Gasteiger charge is 2.05. The molecule has 0 rings (SSSR count). The monoisotopic (exact) mass is 193 g/mol. The zero-order chi connectivity index (χ0) is 7.28. The molecule has 0 fully saturated rings. The van der Waals surface area contributed by atoms with Crippen LogP contribution in [0.15, 0.2) is 0 Å². The molecule has 0 aromatic rings. The van der Waals surface area contributed by atoms with Crippen LogP contribution in [0.1, 0.15) is 20.3 Å². The lowest BCUT2D eigenvalue weighted by Gasteiger charge is -2.25. The summed E-state index contributed by atoms with van der Waals surface area (Å²) in [5.41, 5.74) is 0. The van der Waals surface area contributed by atoms with Crippen LogP contribution in [0.25, 0.3) is 0 Å². The van der Waals surface area contributed by atoms with Crippen LogP contribution in [0.4, 0.5) is 0 Å². The van der Waals surface area contributed by atoms with E-state index in [2.05, 4.69) is 18.1 Å². The van der Waals surface area contributed by atoms with Gasteiger partial charge in [0.1, 0.15) is 0 Å². The van der Waals surface area contributed by atoms with Gasteiger partial charge in [-0.3, -0.25) is 0 Å². The van der Waals surface area contributed by atoms with Crippen LogP contribution in [0.2, 0.25) is 0 Å². The predicted molar refractivity (Wildman–Crippen MR) is 58.6 cm³/mol. The van der Waals surface area contributed by atoms with Crippen LogP contribution in [-0.2, 0) is 0 Å². The zero-order valence-electron chi connectivity index (χ0n) is 7.15. The predicted octanol–water partition coefficient (Wildman–Crippen LogP) is -3.18. The van der Waals surface area contributed by atoms with Crippen molar-refractivity contribution in [1.29, 1.82) is 0 Å². The normalized spacial score (nSPS) is 17.7. The van der Waals surface area contributed by atoms with E-state index in [1.54, 1.807) is 0 Å². The summed E-state index contributed by atoms with van der Waals surface area (Å²) in [5.74, 6) is 0. The fraction of sp³-hybridized carbons (Fsp3) is 1.00. The highest BCUT2D eigenvalue weighted by Crippen LogP contribution is 1.96. The van der Waals surface area contributed by atoms with E-state index < -0.39 is 0 Å². The Labute approximate surface area is 68.8 Å². The highest BCUT2D eigenvalue weighted by atomic mass is 29.2. The number of hydrogen-bond donors (Lipinski definition) is 0. The first kappa shape index (κ1) is 9.83. The van der Waals surface area contributed by atoms with E-state index >= 15 is 0 Å². The molecule has 0 aliphatic heterocycles. The van der Waals surface area contributed by atoms with Gasteiger partial charge in [-0.05, 0) is 12.5 Å². The summed E-state index contributed by atoms with van der Waals surface area (Å²) in [6.07, 6.45) is 1.38. The summed E-state index contributed by atoms with van der Waals surface area (Å²) < 4.78 is 2.87. The molecule has 0 N–H and O–H groups in total. The van der Waals surface area contributed by atoms with Crippen LogP contribution in [-0.4, -0.2) is 48.2 Å². The van der Waals surface area contributed by atoms with Crippen LogP contribution in [0.3, 0.4) is 0 Å². The third-order valence-corrected chi connectivity index (χ3v) is 17.8. The van der Waals surface area contributed by atoms with Crippen molar-refractivity contribution in [2.24, 2.45) is 0 Å². The molecule has 5 heteroatoms. The summed E-state index contributed by atoms with van der Waals surface area (Å²) >= 11 is 0. The molecule has 0 bridgehead atoms. The number of rotatable bonds is 4. The lowest BCUT2D eigenvalue weighted by molar-refractivity contribution is 0.503. The molecule has 0 radical (unpaired) electrons. The molecule has 0 spiro atoms. The Balaban J connectivity index is 3.50. The largest absolute Gasteiger partial charge is 0.358 e. The van der Waals surface area contributed by atoms with Crippen LogP contribution in [0.5, 0.6) is 0 Å². The molecule has 0 heterocycles. The number of nitrogens with zero attached hydrogens (tertiary/aromatic N) is 1. The Bertz CT molecular complexity index is 65.6. The van der Waals surface area contributed by atoms with Crippen LogP contribution in [0, 0.1) is 0 Å². The Morgan fingerprint density at radius 1 is 1.44 bits per heavy atom. The van der Waals surface area contributed by atoms with Crippen molar-refractivity contribution in [2.45, 2.75) is 26.3 Å². The third-order valence-electron chi connectivity index (χ3n) is 2.03. The van der Waals surface area contributed by atoms with Crippen molar-refractivity contribution in [1.82, 2.24) is 4.23 Å². The van der Waals surface area contributed by atoms with Gasteiger partial charge in [-0.2, -0.15) is 0 Å². The van der Waals surface area contributed by atoms with Gasteiger partial charge in [0.2, 0.25) is 0 Å². The molecular formula is C4H19NSi4. The van der Waals surface area contributed by atoms with E-state index in [4.69, 9.17) is 0 Å². The smallest absolute Gasteiger partial charge is 0.0673 e. The van der Waals surface area contributed by atoms with Crippen molar-refractivity contribution in [3.63, 3.8) is 0 Å². The molecule has 1 atom stereocenters. The van der Waals surface area contributed by atoms with Gasteiger partial charge in [-0.1, -0.05) is 13.8 Å². The molecule has 0 aromatic carbocycles. The number of hydrogen-bond acceptors (Lipinski definition) is 1. The van der Waals surface area contributed by atoms with Gasteiger partial charge >= 0.3 is 0 Å². The third kappa shape index (κ3) is 3.51. The summed E-state index contributed by atoms with van der Waals surface area (Å²) in [5, 5.41) is 0. The van der Waals surface area contributed by atoms with Crippen molar-refractivity contribution in [3.8, 4) is 0 Å². The maximum atomic E-state index is 2.87. The van der Waals surface area contributed by atoms with Gasteiger partial charge in [-0.25, -0.2) is 0 Å². The lowest BCUT2D eigenvalue weighted by Crippen LogP contribution is -2.39. The second-order valence-corrected chi connectivity index (χ2v) is 10.1. The molecule has 1 nitrogen and oxygen atoms in total. The molecule has 0 aliphatic rings. The second kappa shape index (κ2) is 5.60. The van der Waals surface area contributed by atoms with E-state index in [0.717, 1.165) is 6.04 Å². The van der Waals surface area contributed by atoms with E-state index in [1.165, 1.54) is 25.9 Å². The Kier molecular flexibility index (Phi) is 6.12. The summed E-state index contributed by atoms with van der Waals surface area (Å²) in [7, 11) is 3.69. The first-order valence-electron chi connectivity index (χ1n) is 4.00. The van der Waals surface area contributed by atoms with E-state index in [9.17, 15) is 0 Å². The van der Waals surface area contributed by atoms with Gasteiger partial charge in [-0.15, -0.1) is 0 Å². The lowest BCUT2D eigenvalue weighted by atomic mass is 10.3. The summed E-state index contributed by atoms with van der Waals surface area (Å²) in [6, 6.07) is 0.957. The minimum atomic E-state index is 0.338. The first-order valence-corrected chi connectivity index (χ1v) is 16.6.